The molecule has 3 rings (SSSR count). The molecule has 1 aliphatic heterocycles. The van der Waals surface area contributed by atoms with Crippen molar-refractivity contribution in [3.8, 4) is 0 Å². The minimum absolute atomic E-state index is 0.00470. The molecule has 1 aliphatic rings. The number of rotatable bonds is 8. The summed E-state index contributed by atoms with van der Waals surface area (Å²) in [4.78, 5) is 26.9. The zero-order chi connectivity index (χ0) is 21.9. The number of thiophene rings is 1. The summed E-state index contributed by atoms with van der Waals surface area (Å²) >= 11 is 1.67. The molecular weight excluding hydrogens is 422 g/mol. The van der Waals surface area contributed by atoms with Crippen LogP contribution in [0.15, 0.2) is 34.5 Å². The van der Waals surface area contributed by atoms with Crippen LogP contribution in [0.2, 0.25) is 0 Å². The third-order valence-electron chi connectivity index (χ3n) is 5.20. The molecule has 2 heterocycles. The van der Waals surface area contributed by atoms with Crippen molar-refractivity contribution in [2.45, 2.75) is 51.0 Å². The summed E-state index contributed by atoms with van der Waals surface area (Å²) in [5.41, 5.74) is 2.81. The van der Waals surface area contributed by atoms with E-state index in [1.54, 1.807) is 28.4 Å². The van der Waals surface area contributed by atoms with Crippen LogP contribution in [0.25, 0.3) is 0 Å². The lowest BCUT2D eigenvalue weighted by Crippen LogP contribution is -2.33. The molecule has 2 amide bonds. The number of aryl methyl sites for hydroxylation is 1. The van der Waals surface area contributed by atoms with Crippen molar-refractivity contribution >= 4 is 38.9 Å². The van der Waals surface area contributed by atoms with Gasteiger partial charge in [-0.3, -0.25) is 9.59 Å². The van der Waals surface area contributed by atoms with Crippen LogP contribution in [-0.2, 0) is 32.5 Å². The van der Waals surface area contributed by atoms with Gasteiger partial charge in [-0.2, -0.15) is 0 Å². The Kier molecular flexibility index (Phi) is 6.95. The molecule has 0 unspecified atom stereocenters. The Balaban J connectivity index is 1.51. The highest BCUT2D eigenvalue weighted by atomic mass is 32.2. The van der Waals surface area contributed by atoms with Crippen LogP contribution in [0.5, 0.6) is 0 Å². The maximum Gasteiger partial charge on any atom is 0.240 e. The predicted molar refractivity (Wildman–Crippen MR) is 118 cm³/mol. The number of carbonyl (C=O) groups excluding carboxylic acids is 2. The van der Waals surface area contributed by atoms with E-state index in [-0.39, 0.29) is 35.7 Å². The van der Waals surface area contributed by atoms with E-state index >= 15 is 0 Å². The Labute approximate surface area is 181 Å². The number of hydrogen-bond donors (Lipinski definition) is 2. The van der Waals surface area contributed by atoms with Crippen molar-refractivity contribution in [3.05, 3.63) is 45.6 Å². The molecule has 0 saturated carbocycles. The quantitative estimate of drug-likeness (QED) is 0.647. The molecule has 0 fully saturated rings. The van der Waals surface area contributed by atoms with Gasteiger partial charge in [-0.05, 0) is 67.5 Å². The first-order chi connectivity index (χ1) is 14.2. The largest absolute Gasteiger partial charge is 0.356 e. The number of nitrogens with zero attached hydrogens (tertiary/aromatic N) is 1. The predicted octanol–water partition coefficient (Wildman–Crippen LogP) is 2.38. The average molecular weight is 450 g/mol. The number of anilines is 1. The lowest BCUT2D eigenvalue weighted by molar-refractivity contribution is -0.121. The standard InChI is InChI=1S/C21H27N3O4S2/c1-14-8-11-29-20(14)6-9-22-21(26)7-10-23-30(27,28)18-4-5-19-17(13-18)12-15(2)24(19)16(3)25/h4-5,8,11,13,15,23H,6-7,9-10,12H2,1-3H3,(H,22,26)/t15-/m1/s1. The summed E-state index contributed by atoms with van der Waals surface area (Å²) in [6, 6.07) is 6.84. The highest BCUT2D eigenvalue weighted by Crippen LogP contribution is 2.33. The van der Waals surface area contributed by atoms with Crippen LogP contribution in [-0.4, -0.2) is 39.4 Å². The van der Waals surface area contributed by atoms with Gasteiger partial charge in [-0.1, -0.05) is 0 Å². The van der Waals surface area contributed by atoms with E-state index < -0.39 is 10.0 Å². The van der Waals surface area contributed by atoms with Gasteiger partial charge in [0.1, 0.15) is 0 Å². The van der Waals surface area contributed by atoms with Crippen LogP contribution in [0.1, 0.15) is 36.3 Å². The second-order valence-corrected chi connectivity index (χ2v) is 10.3. The second-order valence-electron chi connectivity index (χ2n) is 7.51. The highest BCUT2D eigenvalue weighted by Gasteiger charge is 2.30. The molecule has 162 valence electrons. The van der Waals surface area contributed by atoms with E-state index in [1.165, 1.54) is 23.4 Å². The van der Waals surface area contributed by atoms with Crippen LogP contribution in [0, 0.1) is 6.92 Å². The Morgan fingerprint density at radius 3 is 2.67 bits per heavy atom. The van der Waals surface area contributed by atoms with Gasteiger partial charge in [0.05, 0.1) is 4.90 Å². The number of nitrogens with one attached hydrogen (secondary N) is 2. The minimum atomic E-state index is -3.73. The van der Waals surface area contributed by atoms with Crippen LogP contribution >= 0.6 is 11.3 Å². The fraction of sp³-hybridized carbons (Fsp3) is 0.429. The zero-order valence-electron chi connectivity index (χ0n) is 17.4. The van der Waals surface area contributed by atoms with Gasteiger partial charge in [0.15, 0.2) is 0 Å². The topological polar surface area (TPSA) is 95.6 Å². The molecule has 9 heteroatoms. The van der Waals surface area contributed by atoms with E-state index in [2.05, 4.69) is 10.0 Å². The van der Waals surface area contributed by atoms with Gasteiger partial charge in [0.25, 0.3) is 0 Å². The Hall–Kier alpha value is -2.23. The van der Waals surface area contributed by atoms with Crippen LogP contribution < -0.4 is 14.9 Å². The third kappa shape index (κ3) is 5.08. The van der Waals surface area contributed by atoms with E-state index in [9.17, 15) is 18.0 Å². The molecule has 1 aromatic heterocycles. The molecule has 0 spiro atoms. The smallest absolute Gasteiger partial charge is 0.240 e. The number of amides is 2. The number of sulfonamides is 1. The van der Waals surface area contributed by atoms with Gasteiger partial charge in [-0.25, -0.2) is 13.1 Å². The molecule has 2 N–H and O–H groups in total. The van der Waals surface area contributed by atoms with Crippen molar-refractivity contribution in [2.24, 2.45) is 0 Å². The van der Waals surface area contributed by atoms with Crippen LogP contribution in [0.4, 0.5) is 5.69 Å². The maximum atomic E-state index is 12.6. The Morgan fingerprint density at radius 1 is 1.23 bits per heavy atom. The van der Waals surface area contributed by atoms with E-state index in [4.69, 9.17) is 0 Å². The third-order valence-corrected chi connectivity index (χ3v) is 7.74. The van der Waals surface area contributed by atoms with Gasteiger partial charge in [-0.15, -0.1) is 11.3 Å². The number of benzene rings is 1. The van der Waals surface area contributed by atoms with E-state index in [1.807, 2.05) is 25.3 Å². The maximum absolute atomic E-state index is 12.6. The monoisotopic (exact) mass is 449 g/mol. The summed E-state index contributed by atoms with van der Waals surface area (Å²) in [5, 5.41) is 4.85. The Morgan fingerprint density at radius 2 is 2.00 bits per heavy atom. The molecule has 0 bridgehead atoms. The summed E-state index contributed by atoms with van der Waals surface area (Å²) in [6.45, 7) is 6.04. The lowest BCUT2D eigenvalue weighted by atomic mass is 10.1. The fourth-order valence-corrected chi connectivity index (χ4v) is 5.69. The van der Waals surface area contributed by atoms with Crippen molar-refractivity contribution < 1.29 is 18.0 Å². The average Bonchev–Trinajstić information content (AvgIpc) is 3.22. The second kappa shape index (κ2) is 9.28. The summed E-state index contributed by atoms with van der Waals surface area (Å²) in [7, 11) is -3.73. The molecular formula is C21H27N3O4S2. The summed E-state index contributed by atoms with van der Waals surface area (Å²) in [6.07, 6.45) is 1.46. The normalized spacial score (nSPS) is 15.8. The van der Waals surface area contributed by atoms with Crippen molar-refractivity contribution in [1.29, 1.82) is 0 Å². The van der Waals surface area contributed by atoms with Crippen molar-refractivity contribution in [3.63, 3.8) is 0 Å². The zero-order valence-corrected chi connectivity index (χ0v) is 19.0. The van der Waals surface area contributed by atoms with E-state index in [0.29, 0.717) is 13.0 Å². The molecule has 1 atom stereocenters. The molecule has 0 aliphatic carbocycles. The van der Waals surface area contributed by atoms with Crippen molar-refractivity contribution in [2.75, 3.05) is 18.0 Å². The SMILES string of the molecule is CC(=O)N1c2ccc(S(=O)(=O)NCCC(=O)NCCc3sccc3C)cc2C[C@H]1C. The summed E-state index contributed by atoms with van der Waals surface area (Å²) < 4.78 is 27.7. The molecule has 0 radical (unpaired) electrons. The van der Waals surface area contributed by atoms with Gasteiger partial charge < -0.3 is 10.2 Å². The molecule has 2 aromatic rings. The van der Waals surface area contributed by atoms with Gasteiger partial charge in [0, 0.05) is 43.0 Å². The Bertz CT molecular complexity index is 1050. The lowest BCUT2D eigenvalue weighted by Gasteiger charge is -2.20. The fourth-order valence-electron chi connectivity index (χ4n) is 3.70. The molecule has 0 saturated heterocycles. The number of fused-ring (bicyclic) bond motifs is 1. The number of carbonyl (C=O) groups is 2. The summed E-state index contributed by atoms with van der Waals surface area (Å²) in [5.74, 6) is -0.248. The van der Waals surface area contributed by atoms with Crippen molar-refractivity contribution in [1.82, 2.24) is 10.0 Å². The first kappa shape index (κ1) is 22.5. The minimum Gasteiger partial charge on any atom is -0.356 e. The van der Waals surface area contributed by atoms with Gasteiger partial charge in [0.2, 0.25) is 21.8 Å². The first-order valence-corrected chi connectivity index (χ1v) is 12.3. The van der Waals surface area contributed by atoms with E-state index in [0.717, 1.165) is 17.7 Å². The van der Waals surface area contributed by atoms with Gasteiger partial charge >= 0.3 is 0 Å². The molecule has 1 aromatic carbocycles. The molecule has 30 heavy (non-hydrogen) atoms. The number of hydrogen-bond acceptors (Lipinski definition) is 5. The van der Waals surface area contributed by atoms with Crippen LogP contribution in [0.3, 0.4) is 0 Å². The first-order valence-electron chi connectivity index (χ1n) is 9.91. The highest BCUT2D eigenvalue weighted by molar-refractivity contribution is 7.89. The molecule has 7 nitrogen and oxygen atoms in total.